The average molecular weight is 309 g/mol. The topological polar surface area (TPSA) is 0 Å². The number of alkyl halides is 3. The lowest BCUT2D eigenvalue weighted by molar-refractivity contribution is -0.137. The number of hydrogen-bond acceptors (Lipinski definition) is 0. The second kappa shape index (κ2) is 5.02. The molecule has 0 amide bonds. The largest absolute Gasteiger partial charge is 0.416 e. The number of hydrogen-bond donors (Lipinski definition) is 0. The number of rotatable bonds is 1. The summed E-state index contributed by atoms with van der Waals surface area (Å²) in [5.74, 6) is -0.817. The van der Waals surface area contributed by atoms with Crippen molar-refractivity contribution in [1.29, 1.82) is 0 Å². The molecule has 0 aliphatic heterocycles. The van der Waals surface area contributed by atoms with E-state index in [1.165, 1.54) is 18.2 Å². The van der Waals surface area contributed by atoms with Gasteiger partial charge >= 0.3 is 6.18 Å². The molecule has 6 heteroatoms. The fraction of sp³-hybridized carbons (Fsp3) is 0.0769. The molecule has 0 aromatic heterocycles. The van der Waals surface area contributed by atoms with E-state index in [0.717, 1.165) is 6.07 Å². The van der Waals surface area contributed by atoms with Gasteiger partial charge in [0.05, 0.1) is 5.56 Å². The van der Waals surface area contributed by atoms with Gasteiger partial charge in [-0.25, -0.2) is 4.39 Å². The van der Waals surface area contributed by atoms with Crippen LogP contribution in [0.4, 0.5) is 17.6 Å². The van der Waals surface area contributed by atoms with Gasteiger partial charge < -0.3 is 0 Å². The highest BCUT2D eigenvalue weighted by atomic mass is 35.5. The van der Waals surface area contributed by atoms with Crippen molar-refractivity contribution in [3.8, 4) is 11.1 Å². The summed E-state index contributed by atoms with van der Waals surface area (Å²) < 4.78 is 51.6. The van der Waals surface area contributed by atoms with Gasteiger partial charge in [-0.15, -0.1) is 0 Å². The van der Waals surface area contributed by atoms with Crippen molar-refractivity contribution in [3.63, 3.8) is 0 Å². The molecular formula is C13H6Cl2F4. The highest BCUT2D eigenvalue weighted by Gasteiger charge is 2.31. The third-order valence-corrected chi connectivity index (χ3v) is 3.16. The maximum Gasteiger partial charge on any atom is 0.416 e. The van der Waals surface area contributed by atoms with Crippen molar-refractivity contribution < 1.29 is 17.6 Å². The van der Waals surface area contributed by atoms with E-state index >= 15 is 0 Å². The van der Waals surface area contributed by atoms with E-state index < -0.39 is 17.6 Å². The molecule has 2 aromatic rings. The van der Waals surface area contributed by atoms with Gasteiger partial charge in [0.25, 0.3) is 0 Å². The molecule has 2 aromatic carbocycles. The van der Waals surface area contributed by atoms with Crippen LogP contribution < -0.4 is 0 Å². The monoisotopic (exact) mass is 308 g/mol. The fourth-order valence-corrected chi connectivity index (χ4v) is 2.25. The SMILES string of the molecule is Fc1ccc(C(F)(F)F)cc1-c1c(Cl)cccc1Cl. The summed E-state index contributed by atoms with van der Waals surface area (Å²) in [5, 5.41) is 0.177. The van der Waals surface area contributed by atoms with Gasteiger partial charge in [-0.2, -0.15) is 13.2 Å². The van der Waals surface area contributed by atoms with Crippen LogP contribution in [0.1, 0.15) is 5.56 Å². The molecule has 100 valence electrons. The van der Waals surface area contributed by atoms with Crippen molar-refractivity contribution in [2.45, 2.75) is 6.18 Å². The van der Waals surface area contributed by atoms with E-state index in [4.69, 9.17) is 23.2 Å². The van der Waals surface area contributed by atoms with Crippen molar-refractivity contribution in [2.24, 2.45) is 0 Å². The molecule has 0 fully saturated rings. The number of benzene rings is 2. The molecule has 0 atom stereocenters. The Morgan fingerprint density at radius 2 is 1.47 bits per heavy atom. The van der Waals surface area contributed by atoms with Gasteiger partial charge in [-0.3, -0.25) is 0 Å². The minimum atomic E-state index is -4.56. The standard InChI is InChI=1S/C13H6Cl2F4/c14-9-2-1-3-10(15)12(9)8-6-7(13(17,18)19)4-5-11(8)16/h1-6H. The summed E-state index contributed by atoms with van der Waals surface area (Å²) in [6, 6.07) is 6.51. The lowest BCUT2D eigenvalue weighted by Crippen LogP contribution is -2.05. The van der Waals surface area contributed by atoms with Crippen LogP contribution in [0.5, 0.6) is 0 Å². The normalized spacial score (nSPS) is 11.7. The zero-order valence-electron chi connectivity index (χ0n) is 9.23. The Kier molecular flexibility index (Phi) is 3.74. The first-order chi connectivity index (χ1) is 8.80. The Balaban J connectivity index is 2.69. The smallest absolute Gasteiger partial charge is 0.206 e. The molecule has 0 spiro atoms. The Morgan fingerprint density at radius 1 is 0.895 bits per heavy atom. The van der Waals surface area contributed by atoms with Crippen LogP contribution in [-0.2, 0) is 6.18 Å². The van der Waals surface area contributed by atoms with Crippen LogP contribution in [0.25, 0.3) is 11.1 Å². The molecule has 0 unspecified atom stereocenters. The minimum absolute atomic E-state index is 0.0504. The van der Waals surface area contributed by atoms with Crippen molar-refractivity contribution >= 4 is 23.2 Å². The fourth-order valence-electron chi connectivity index (χ4n) is 1.65. The zero-order chi connectivity index (χ0) is 14.2. The first-order valence-corrected chi connectivity index (χ1v) is 5.87. The predicted molar refractivity (Wildman–Crippen MR) is 66.9 cm³/mol. The zero-order valence-corrected chi connectivity index (χ0v) is 10.7. The Hall–Kier alpha value is -1.26. The lowest BCUT2D eigenvalue weighted by Gasteiger charge is -2.12. The van der Waals surface area contributed by atoms with E-state index in [1.54, 1.807) is 0 Å². The molecular weight excluding hydrogens is 303 g/mol. The quantitative estimate of drug-likeness (QED) is 0.582. The van der Waals surface area contributed by atoms with E-state index in [-0.39, 0.29) is 21.2 Å². The third kappa shape index (κ3) is 2.85. The summed E-state index contributed by atoms with van der Waals surface area (Å²) in [4.78, 5) is 0. The van der Waals surface area contributed by atoms with Gasteiger partial charge in [0, 0.05) is 21.2 Å². The molecule has 0 bridgehead atoms. The maximum absolute atomic E-state index is 13.7. The van der Waals surface area contributed by atoms with Gasteiger partial charge in [-0.05, 0) is 30.3 Å². The molecule has 0 radical (unpaired) electrons. The average Bonchev–Trinajstić information content (AvgIpc) is 2.29. The van der Waals surface area contributed by atoms with Gasteiger partial charge in [0.1, 0.15) is 5.82 Å². The van der Waals surface area contributed by atoms with Crippen LogP contribution >= 0.6 is 23.2 Å². The van der Waals surface area contributed by atoms with Gasteiger partial charge in [-0.1, -0.05) is 29.3 Å². The summed E-state index contributed by atoms with van der Waals surface area (Å²) in [6.07, 6.45) is -4.56. The lowest BCUT2D eigenvalue weighted by atomic mass is 10.0. The molecule has 0 aliphatic carbocycles. The molecule has 0 saturated carbocycles. The van der Waals surface area contributed by atoms with Crippen molar-refractivity contribution in [2.75, 3.05) is 0 Å². The molecule has 0 N–H and O–H groups in total. The second-order valence-electron chi connectivity index (χ2n) is 3.79. The third-order valence-electron chi connectivity index (χ3n) is 2.53. The Bertz CT molecular complexity index is 600. The highest BCUT2D eigenvalue weighted by molar-refractivity contribution is 6.39. The van der Waals surface area contributed by atoms with Crippen LogP contribution in [-0.4, -0.2) is 0 Å². The second-order valence-corrected chi connectivity index (χ2v) is 4.60. The molecule has 2 rings (SSSR count). The summed E-state index contributed by atoms with van der Waals surface area (Å²) in [7, 11) is 0. The minimum Gasteiger partial charge on any atom is -0.206 e. The first kappa shape index (κ1) is 14.2. The van der Waals surface area contributed by atoms with Crippen LogP contribution in [0.15, 0.2) is 36.4 Å². The summed E-state index contributed by atoms with van der Waals surface area (Å²) >= 11 is 11.7. The van der Waals surface area contributed by atoms with E-state index in [0.29, 0.717) is 12.1 Å². The van der Waals surface area contributed by atoms with Crippen LogP contribution in [0, 0.1) is 5.82 Å². The van der Waals surface area contributed by atoms with E-state index in [1.807, 2.05) is 0 Å². The van der Waals surface area contributed by atoms with Crippen molar-refractivity contribution in [3.05, 3.63) is 57.8 Å². The first-order valence-electron chi connectivity index (χ1n) is 5.12. The highest BCUT2D eigenvalue weighted by Crippen LogP contribution is 2.39. The maximum atomic E-state index is 13.7. The molecule has 0 nitrogen and oxygen atoms in total. The molecule has 0 aliphatic rings. The van der Waals surface area contributed by atoms with E-state index in [2.05, 4.69) is 0 Å². The van der Waals surface area contributed by atoms with Crippen molar-refractivity contribution in [1.82, 2.24) is 0 Å². The van der Waals surface area contributed by atoms with Gasteiger partial charge in [0.2, 0.25) is 0 Å². The number of halogens is 6. The summed E-state index contributed by atoms with van der Waals surface area (Å²) in [6.45, 7) is 0. The molecule has 19 heavy (non-hydrogen) atoms. The summed E-state index contributed by atoms with van der Waals surface area (Å²) in [5.41, 5.74) is -1.18. The molecule has 0 heterocycles. The Labute approximate surface area is 116 Å². The van der Waals surface area contributed by atoms with Crippen LogP contribution in [0.3, 0.4) is 0 Å². The van der Waals surface area contributed by atoms with Crippen LogP contribution in [0.2, 0.25) is 10.0 Å². The van der Waals surface area contributed by atoms with E-state index in [9.17, 15) is 17.6 Å². The van der Waals surface area contributed by atoms with Gasteiger partial charge in [0.15, 0.2) is 0 Å². The molecule has 0 saturated heterocycles. The Morgan fingerprint density at radius 3 is 2.00 bits per heavy atom. The predicted octanol–water partition coefficient (Wildman–Crippen LogP) is 5.82.